The summed E-state index contributed by atoms with van der Waals surface area (Å²) < 4.78 is 0. The Morgan fingerprint density at radius 1 is 1.60 bits per heavy atom. The Hall–Kier alpha value is -1.04. The minimum absolute atomic E-state index is 0.0441. The molecule has 0 radical (unpaired) electrons. The summed E-state index contributed by atoms with van der Waals surface area (Å²) in [6.07, 6.45) is -0.195. The van der Waals surface area contributed by atoms with E-state index < -0.39 is 0 Å². The largest absolute Gasteiger partial charge is 0.324 e. The van der Waals surface area contributed by atoms with E-state index in [-0.39, 0.29) is 12.1 Å². The molecule has 5 heteroatoms. The van der Waals surface area contributed by atoms with Gasteiger partial charge in [0.25, 0.3) is 0 Å². The van der Waals surface area contributed by atoms with Crippen LogP contribution in [0.3, 0.4) is 0 Å². The molecule has 4 nitrogen and oxygen atoms in total. The molecule has 1 heterocycles. The lowest BCUT2D eigenvalue weighted by molar-refractivity contribution is -0.113. The van der Waals surface area contributed by atoms with Crippen molar-refractivity contribution in [3.63, 3.8) is 0 Å². The molecule has 0 fully saturated rings. The maximum Gasteiger partial charge on any atom is 0.234 e. The molecular weight excluding hydrogens is 210 g/mol. The number of rotatable bonds is 2. The summed E-state index contributed by atoms with van der Waals surface area (Å²) in [6.45, 7) is 0. The fourth-order valence-corrected chi connectivity index (χ4v) is 2.25. The molecule has 1 aromatic rings. The predicted molar refractivity (Wildman–Crippen MR) is 61.8 cm³/mol. The van der Waals surface area contributed by atoms with Gasteiger partial charge in [-0.1, -0.05) is 6.07 Å². The molecule has 0 saturated heterocycles. The molecule has 1 aliphatic rings. The van der Waals surface area contributed by atoms with Crippen LogP contribution < -0.4 is 16.4 Å². The fourth-order valence-electron chi connectivity index (χ4n) is 1.46. The lowest BCUT2D eigenvalue weighted by atomic mass is 10.1. The molecule has 0 aromatic heterocycles. The highest BCUT2D eigenvalue weighted by Gasteiger charge is 2.16. The van der Waals surface area contributed by atoms with Crippen molar-refractivity contribution >= 4 is 23.4 Å². The summed E-state index contributed by atoms with van der Waals surface area (Å²) in [5.41, 5.74) is 7.66. The van der Waals surface area contributed by atoms with Crippen molar-refractivity contribution in [2.24, 2.45) is 5.73 Å². The summed E-state index contributed by atoms with van der Waals surface area (Å²) in [4.78, 5) is 12.3. The van der Waals surface area contributed by atoms with Crippen molar-refractivity contribution < 1.29 is 4.79 Å². The normalized spacial score (nSPS) is 16.8. The first-order valence-corrected chi connectivity index (χ1v) is 5.68. The van der Waals surface area contributed by atoms with Crippen LogP contribution in [0.15, 0.2) is 23.1 Å². The number of benzene rings is 1. The molecule has 0 bridgehead atoms. The SMILES string of the molecule is CNC(N)c1ccc2c(c1)NC(=O)CS2. The Labute approximate surface area is 92.6 Å². The molecule has 2 rings (SSSR count). The van der Waals surface area contributed by atoms with Gasteiger partial charge < -0.3 is 16.4 Å². The Morgan fingerprint density at radius 3 is 3.13 bits per heavy atom. The van der Waals surface area contributed by atoms with Crippen LogP contribution in [0.1, 0.15) is 11.7 Å². The molecular formula is C10H13N3OS. The average molecular weight is 223 g/mol. The number of nitrogens with one attached hydrogen (secondary N) is 2. The molecule has 0 aliphatic carbocycles. The van der Waals surface area contributed by atoms with Gasteiger partial charge in [0.2, 0.25) is 5.91 Å². The first-order valence-electron chi connectivity index (χ1n) is 4.70. The number of hydrogen-bond donors (Lipinski definition) is 3. The molecule has 0 saturated carbocycles. The fraction of sp³-hybridized carbons (Fsp3) is 0.300. The minimum atomic E-state index is -0.195. The molecule has 1 aromatic carbocycles. The van der Waals surface area contributed by atoms with E-state index in [9.17, 15) is 4.79 Å². The van der Waals surface area contributed by atoms with Crippen molar-refractivity contribution in [2.75, 3.05) is 18.1 Å². The minimum Gasteiger partial charge on any atom is -0.324 e. The summed E-state index contributed by atoms with van der Waals surface area (Å²) >= 11 is 1.55. The molecule has 1 unspecified atom stereocenters. The number of nitrogens with two attached hydrogens (primary N) is 1. The van der Waals surface area contributed by atoms with Crippen LogP contribution >= 0.6 is 11.8 Å². The van der Waals surface area contributed by atoms with Crippen molar-refractivity contribution in [2.45, 2.75) is 11.1 Å². The lowest BCUT2D eigenvalue weighted by Crippen LogP contribution is -2.25. The highest BCUT2D eigenvalue weighted by Crippen LogP contribution is 2.32. The first-order chi connectivity index (χ1) is 7.20. The Bertz CT molecular complexity index is 394. The molecule has 1 aliphatic heterocycles. The van der Waals surface area contributed by atoms with Crippen LogP contribution in [0.4, 0.5) is 5.69 Å². The van der Waals surface area contributed by atoms with Gasteiger partial charge in [-0.15, -0.1) is 11.8 Å². The zero-order chi connectivity index (χ0) is 10.8. The predicted octanol–water partition coefficient (Wildman–Crippen LogP) is 0.907. The van der Waals surface area contributed by atoms with Crippen LogP contribution in [0, 0.1) is 0 Å². The molecule has 0 spiro atoms. The van der Waals surface area contributed by atoms with Gasteiger partial charge in [-0.05, 0) is 24.7 Å². The second-order valence-electron chi connectivity index (χ2n) is 3.36. The van der Waals surface area contributed by atoms with Gasteiger partial charge in [-0.2, -0.15) is 0 Å². The Morgan fingerprint density at radius 2 is 2.40 bits per heavy atom. The number of fused-ring (bicyclic) bond motifs is 1. The van der Waals surface area contributed by atoms with Crippen molar-refractivity contribution in [1.29, 1.82) is 0 Å². The van der Waals surface area contributed by atoms with E-state index in [2.05, 4.69) is 10.6 Å². The van der Waals surface area contributed by atoms with Crippen LogP contribution in [0.2, 0.25) is 0 Å². The Balaban J connectivity index is 2.32. The van der Waals surface area contributed by atoms with E-state index >= 15 is 0 Å². The third-order valence-corrected chi connectivity index (χ3v) is 3.38. The van der Waals surface area contributed by atoms with Gasteiger partial charge in [-0.3, -0.25) is 4.79 Å². The van der Waals surface area contributed by atoms with Crippen LogP contribution in [-0.4, -0.2) is 18.7 Å². The molecule has 15 heavy (non-hydrogen) atoms. The molecule has 4 N–H and O–H groups in total. The van der Waals surface area contributed by atoms with Gasteiger partial charge >= 0.3 is 0 Å². The standard InChI is InChI=1S/C10H13N3OS/c1-12-10(11)6-2-3-8-7(4-6)13-9(14)5-15-8/h2-4,10,12H,5,11H2,1H3,(H,13,14). The number of hydrogen-bond acceptors (Lipinski definition) is 4. The van der Waals surface area contributed by atoms with Crippen molar-refractivity contribution in [1.82, 2.24) is 5.32 Å². The van der Waals surface area contributed by atoms with E-state index in [1.54, 1.807) is 18.8 Å². The second kappa shape index (κ2) is 4.22. The maximum absolute atomic E-state index is 11.2. The lowest BCUT2D eigenvalue weighted by Gasteiger charge is -2.19. The summed E-state index contributed by atoms with van der Waals surface area (Å²) in [5.74, 6) is 0.535. The summed E-state index contributed by atoms with van der Waals surface area (Å²) in [6, 6.07) is 5.89. The van der Waals surface area contributed by atoms with Crippen LogP contribution in [0.5, 0.6) is 0 Å². The van der Waals surface area contributed by atoms with Gasteiger partial charge in [0.05, 0.1) is 17.6 Å². The third-order valence-electron chi connectivity index (χ3n) is 2.31. The van der Waals surface area contributed by atoms with Gasteiger partial charge in [0.15, 0.2) is 0 Å². The van der Waals surface area contributed by atoms with Crippen molar-refractivity contribution in [3.8, 4) is 0 Å². The monoisotopic (exact) mass is 223 g/mol. The zero-order valence-electron chi connectivity index (χ0n) is 8.41. The highest BCUT2D eigenvalue weighted by atomic mass is 32.2. The number of carbonyl (C=O) groups is 1. The summed E-state index contributed by atoms with van der Waals surface area (Å²) in [5, 5.41) is 5.79. The smallest absolute Gasteiger partial charge is 0.234 e. The van der Waals surface area contributed by atoms with E-state index in [1.165, 1.54) is 0 Å². The molecule has 80 valence electrons. The molecule has 1 atom stereocenters. The zero-order valence-corrected chi connectivity index (χ0v) is 9.23. The quantitative estimate of drug-likeness (QED) is 0.652. The Kier molecular flexibility index (Phi) is 2.95. The van der Waals surface area contributed by atoms with Crippen LogP contribution in [0.25, 0.3) is 0 Å². The van der Waals surface area contributed by atoms with Gasteiger partial charge in [-0.25, -0.2) is 0 Å². The first kappa shape index (κ1) is 10.5. The molecule has 1 amide bonds. The number of amides is 1. The number of anilines is 1. The van der Waals surface area contributed by atoms with Gasteiger partial charge in [0, 0.05) is 4.90 Å². The number of carbonyl (C=O) groups excluding carboxylic acids is 1. The van der Waals surface area contributed by atoms with E-state index in [0.29, 0.717) is 5.75 Å². The third kappa shape index (κ3) is 2.14. The maximum atomic E-state index is 11.2. The average Bonchev–Trinajstić information content (AvgIpc) is 2.27. The summed E-state index contributed by atoms with van der Waals surface area (Å²) in [7, 11) is 1.80. The topological polar surface area (TPSA) is 67.2 Å². The van der Waals surface area contributed by atoms with E-state index in [0.717, 1.165) is 16.1 Å². The highest BCUT2D eigenvalue weighted by molar-refractivity contribution is 8.00. The second-order valence-corrected chi connectivity index (χ2v) is 4.38. The van der Waals surface area contributed by atoms with E-state index in [1.807, 2.05) is 18.2 Å². The van der Waals surface area contributed by atoms with Crippen LogP contribution in [-0.2, 0) is 4.79 Å². The van der Waals surface area contributed by atoms with Gasteiger partial charge in [0.1, 0.15) is 0 Å². The number of thioether (sulfide) groups is 1. The van der Waals surface area contributed by atoms with E-state index in [4.69, 9.17) is 5.73 Å². The van der Waals surface area contributed by atoms with Crippen molar-refractivity contribution in [3.05, 3.63) is 23.8 Å².